The van der Waals surface area contributed by atoms with Crippen molar-refractivity contribution >= 4 is 45.1 Å². The average molecular weight is 504 g/mol. The highest BCUT2D eigenvalue weighted by Crippen LogP contribution is 2.52. The maximum atomic E-state index is 13.7. The van der Waals surface area contributed by atoms with Crippen molar-refractivity contribution in [3.8, 4) is 0 Å². The molecule has 8 heteroatoms. The summed E-state index contributed by atoms with van der Waals surface area (Å²) < 4.78 is 0.873. The number of nitrogens with one attached hydrogen (secondary N) is 2. The second-order valence-electron chi connectivity index (χ2n) is 8.56. The Hall–Kier alpha value is -3.23. The van der Waals surface area contributed by atoms with Crippen molar-refractivity contribution in [2.45, 2.75) is 31.1 Å². The molecule has 2 N–H and O–H groups in total. The van der Waals surface area contributed by atoms with E-state index in [1.807, 2.05) is 60.7 Å². The van der Waals surface area contributed by atoms with E-state index < -0.39 is 5.66 Å². The third kappa shape index (κ3) is 3.01. The number of halogens is 1. The molecule has 3 aliphatic rings. The van der Waals surface area contributed by atoms with E-state index in [2.05, 4.69) is 31.5 Å². The molecule has 0 saturated carbocycles. The fourth-order valence-electron chi connectivity index (χ4n) is 5.32. The van der Waals surface area contributed by atoms with Crippen molar-refractivity contribution in [3.63, 3.8) is 0 Å². The lowest BCUT2D eigenvalue weighted by Gasteiger charge is -2.37. The van der Waals surface area contributed by atoms with Gasteiger partial charge in [0.15, 0.2) is 0 Å². The first-order chi connectivity index (χ1) is 16.1. The molecule has 0 radical (unpaired) electrons. The van der Waals surface area contributed by atoms with Crippen LogP contribution in [0.5, 0.6) is 0 Å². The molecule has 2 saturated heterocycles. The smallest absolute Gasteiger partial charge is 0.271 e. The standard InChI is InChI=1S/C25H22BrN5O2/c26-17-11-12-18-19(14-17)28-24(33)25(18)30-13-5-8-20(30)23(32)31(25)22-10-4-9-21(29-22)27-15-16-6-2-1-3-7-16/h1-4,6-7,9-12,14,20H,5,8,13,15H2,(H,27,29)(H,28,33)/t20-,25+/m0/s1. The van der Waals surface area contributed by atoms with Crippen molar-refractivity contribution < 1.29 is 9.59 Å². The van der Waals surface area contributed by atoms with Gasteiger partial charge in [0.1, 0.15) is 11.6 Å². The van der Waals surface area contributed by atoms with Crippen LogP contribution < -0.4 is 15.5 Å². The van der Waals surface area contributed by atoms with Crippen LogP contribution in [0.3, 0.4) is 0 Å². The zero-order chi connectivity index (χ0) is 22.6. The molecule has 4 heterocycles. The summed E-state index contributed by atoms with van der Waals surface area (Å²) in [6.07, 6.45) is 1.62. The maximum Gasteiger partial charge on any atom is 0.271 e. The van der Waals surface area contributed by atoms with Crippen LogP contribution in [0, 0.1) is 0 Å². The summed E-state index contributed by atoms with van der Waals surface area (Å²) >= 11 is 3.49. The molecule has 2 atom stereocenters. The molecule has 0 unspecified atom stereocenters. The van der Waals surface area contributed by atoms with Crippen molar-refractivity contribution in [1.29, 1.82) is 0 Å². The van der Waals surface area contributed by atoms with Gasteiger partial charge in [-0.05, 0) is 42.7 Å². The number of nitrogens with zero attached hydrogens (tertiary/aromatic N) is 3. The van der Waals surface area contributed by atoms with Crippen LogP contribution in [0.2, 0.25) is 0 Å². The lowest BCUT2D eigenvalue weighted by molar-refractivity contribution is -0.126. The monoisotopic (exact) mass is 503 g/mol. The molecule has 1 spiro atoms. The van der Waals surface area contributed by atoms with Crippen molar-refractivity contribution in [1.82, 2.24) is 9.88 Å². The van der Waals surface area contributed by atoms with Crippen molar-refractivity contribution in [2.24, 2.45) is 0 Å². The van der Waals surface area contributed by atoms with Crippen LogP contribution in [0.1, 0.15) is 24.0 Å². The number of hydrogen-bond acceptors (Lipinski definition) is 5. The van der Waals surface area contributed by atoms with E-state index in [9.17, 15) is 9.59 Å². The van der Waals surface area contributed by atoms with Gasteiger partial charge in [0.05, 0.1) is 6.04 Å². The van der Waals surface area contributed by atoms with Crippen LogP contribution >= 0.6 is 15.9 Å². The van der Waals surface area contributed by atoms with E-state index in [0.29, 0.717) is 24.7 Å². The Kier molecular flexibility index (Phi) is 4.74. The third-order valence-corrected chi connectivity index (χ3v) is 7.19. The Bertz CT molecular complexity index is 1270. The second kappa shape index (κ2) is 7.67. The summed E-state index contributed by atoms with van der Waals surface area (Å²) in [7, 11) is 0. The van der Waals surface area contributed by atoms with Crippen LogP contribution in [-0.4, -0.2) is 34.3 Å². The highest BCUT2D eigenvalue weighted by molar-refractivity contribution is 9.10. The molecule has 0 aliphatic carbocycles. The Balaban J connectivity index is 1.43. The lowest BCUT2D eigenvalue weighted by atomic mass is 9.98. The van der Waals surface area contributed by atoms with E-state index >= 15 is 0 Å². The van der Waals surface area contributed by atoms with Gasteiger partial charge in [-0.1, -0.05) is 58.4 Å². The van der Waals surface area contributed by atoms with Crippen LogP contribution in [0.15, 0.2) is 71.2 Å². The number of hydrogen-bond donors (Lipinski definition) is 2. The number of rotatable bonds is 4. The summed E-state index contributed by atoms with van der Waals surface area (Å²) in [5, 5.41) is 6.35. The molecule has 3 aromatic rings. The number of fused-ring (bicyclic) bond motifs is 4. The Morgan fingerprint density at radius 1 is 1.09 bits per heavy atom. The molecule has 1 aromatic heterocycles. The first kappa shape index (κ1) is 20.4. The fourth-order valence-corrected chi connectivity index (χ4v) is 5.69. The molecule has 33 heavy (non-hydrogen) atoms. The first-order valence-corrected chi connectivity index (χ1v) is 11.9. The zero-order valence-electron chi connectivity index (χ0n) is 17.8. The number of carbonyl (C=O) groups excluding carboxylic acids is 2. The van der Waals surface area contributed by atoms with Crippen molar-refractivity contribution in [3.05, 3.63) is 82.3 Å². The topological polar surface area (TPSA) is 77.6 Å². The average Bonchev–Trinajstić information content (AvgIpc) is 3.48. The number of pyridine rings is 1. The summed E-state index contributed by atoms with van der Waals surface area (Å²) in [6, 6.07) is 21.0. The van der Waals surface area contributed by atoms with Gasteiger partial charge in [-0.3, -0.25) is 19.4 Å². The highest BCUT2D eigenvalue weighted by Gasteiger charge is 2.67. The predicted molar refractivity (Wildman–Crippen MR) is 130 cm³/mol. The van der Waals surface area contributed by atoms with E-state index in [0.717, 1.165) is 34.1 Å². The molecule has 6 rings (SSSR count). The number of anilines is 3. The Morgan fingerprint density at radius 3 is 2.79 bits per heavy atom. The quantitative estimate of drug-likeness (QED) is 0.560. The van der Waals surface area contributed by atoms with Crippen LogP contribution in [-0.2, 0) is 21.8 Å². The zero-order valence-corrected chi connectivity index (χ0v) is 19.4. The summed E-state index contributed by atoms with van der Waals surface area (Å²) in [6.45, 7) is 1.30. The maximum absolute atomic E-state index is 13.7. The number of benzene rings is 2. The molecule has 2 fully saturated rings. The molecule has 2 amide bonds. The second-order valence-corrected chi connectivity index (χ2v) is 9.48. The molecular weight excluding hydrogens is 482 g/mol. The van der Waals surface area contributed by atoms with Gasteiger partial charge in [-0.15, -0.1) is 0 Å². The summed E-state index contributed by atoms with van der Waals surface area (Å²) in [4.78, 5) is 35.8. The minimum Gasteiger partial charge on any atom is -0.366 e. The summed E-state index contributed by atoms with van der Waals surface area (Å²) in [5.74, 6) is 0.836. The van der Waals surface area contributed by atoms with Gasteiger partial charge in [0.25, 0.3) is 5.91 Å². The predicted octanol–water partition coefficient (Wildman–Crippen LogP) is 4.07. The van der Waals surface area contributed by atoms with Crippen LogP contribution in [0.25, 0.3) is 0 Å². The van der Waals surface area contributed by atoms with Gasteiger partial charge in [0.2, 0.25) is 11.6 Å². The third-order valence-electron chi connectivity index (χ3n) is 6.70. The number of aromatic nitrogens is 1. The van der Waals surface area contributed by atoms with Gasteiger partial charge in [-0.25, -0.2) is 4.98 Å². The SMILES string of the molecule is O=C1[C@@H]2CCCN2[C@@]2(C(=O)Nc3cc(Br)ccc32)N1c1cccc(NCc2ccccc2)n1. The normalized spacial score (nSPS) is 23.7. The molecule has 3 aliphatic heterocycles. The first-order valence-electron chi connectivity index (χ1n) is 11.1. The van der Waals surface area contributed by atoms with E-state index in [1.54, 1.807) is 11.0 Å². The fraction of sp³-hybridized carbons (Fsp3) is 0.240. The Labute approximate surface area is 199 Å². The van der Waals surface area contributed by atoms with Crippen LogP contribution in [0.4, 0.5) is 17.3 Å². The van der Waals surface area contributed by atoms with Gasteiger partial charge in [0, 0.05) is 28.8 Å². The molecule has 7 nitrogen and oxygen atoms in total. The van der Waals surface area contributed by atoms with E-state index in [1.165, 1.54) is 0 Å². The summed E-state index contributed by atoms with van der Waals surface area (Å²) in [5.41, 5.74) is 1.42. The molecular formula is C25H22BrN5O2. The highest BCUT2D eigenvalue weighted by atomic mass is 79.9. The minimum atomic E-state index is -1.22. The van der Waals surface area contributed by atoms with Gasteiger partial charge in [-0.2, -0.15) is 0 Å². The Morgan fingerprint density at radius 2 is 1.94 bits per heavy atom. The van der Waals surface area contributed by atoms with Gasteiger partial charge >= 0.3 is 0 Å². The van der Waals surface area contributed by atoms with Crippen molar-refractivity contribution in [2.75, 3.05) is 22.1 Å². The number of carbonyl (C=O) groups is 2. The van der Waals surface area contributed by atoms with E-state index in [4.69, 9.17) is 4.98 Å². The largest absolute Gasteiger partial charge is 0.366 e. The van der Waals surface area contributed by atoms with Gasteiger partial charge < -0.3 is 10.6 Å². The molecule has 2 aromatic carbocycles. The molecule has 0 bridgehead atoms. The van der Waals surface area contributed by atoms with E-state index in [-0.39, 0.29) is 17.9 Å². The molecule has 166 valence electrons. The minimum absolute atomic E-state index is 0.0777. The lowest BCUT2D eigenvalue weighted by Crippen LogP contribution is -2.56. The number of amides is 2.